The van der Waals surface area contributed by atoms with E-state index in [0.29, 0.717) is 17.6 Å². The van der Waals surface area contributed by atoms with Crippen molar-refractivity contribution in [3.8, 4) is 0 Å². The zero-order valence-electron chi connectivity index (χ0n) is 12.4. The lowest BCUT2D eigenvalue weighted by atomic mass is 9.86. The van der Waals surface area contributed by atoms with Crippen molar-refractivity contribution in [3.05, 3.63) is 0 Å². The fourth-order valence-electron chi connectivity index (χ4n) is 2.85. The number of nitrogens with zero attached hydrogens (tertiary/aromatic N) is 1. The van der Waals surface area contributed by atoms with Gasteiger partial charge in [0.15, 0.2) is 0 Å². The minimum atomic E-state index is -0.0526. The average molecular weight is 242 g/mol. The number of ether oxygens (including phenoxy) is 1. The van der Waals surface area contributed by atoms with E-state index < -0.39 is 0 Å². The highest BCUT2D eigenvalue weighted by Gasteiger charge is 2.35. The van der Waals surface area contributed by atoms with Gasteiger partial charge in [0.25, 0.3) is 0 Å². The minimum Gasteiger partial charge on any atom is -0.370 e. The lowest BCUT2D eigenvalue weighted by molar-refractivity contribution is -0.139. The summed E-state index contributed by atoms with van der Waals surface area (Å²) in [5.74, 6) is 0. The molecule has 1 heterocycles. The molecule has 0 aromatic rings. The molecule has 1 rings (SSSR count). The number of hydrogen-bond acceptors (Lipinski definition) is 3. The quantitative estimate of drug-likeness (QED) is 0.825. The van der Waals surface area contributed by atoms with E-state index in [4.69, 9.17) is 10.5 Å². The molecular formula is C14H30N2O. The first-order valence-electron chi connectivity index (χ1n) is 6.75. The zero-order valence-corrected chi connectivity index (χ0v) is 12.4. The largest absolute Gasteiger partial charge is 0.370 e. The van der Waals surface area contributed by atoms with E-state index >= 15 is 0 Å². The molecule has 17 heavy (non-hydrogen) atoms. The summed E-state index contributed by atoms with van der Waals surface area (Å²) in [6.45, 7) is 16.1. The Morgan fingerprint density at radius 2 is 2.00 bits per heavy atom. The molecule has 2 unspecified atom stereocenters. The van der Waals surface area contributed by atoms with Gasteiger partial charge in [-0.05, 0) is 32.6 Å². The Labute approximate surface area is 107 Å². The molecule has 0 aliphatic carbocycles. The highest BCUT2D eigenvalue weighted by Crippen LogP contribution is 2.28. The summed E-state index contributed by atoms with van der Waals surface area (Å²) in [7, 11) is 0. The zero-order chi connectivity index (χ0) is 13.3. The lowest BCUT2D eigenvalue weighted by Gasteiger charge is -2.46. The van der Waals surface area contributed by atoms with Crippen LogP contribution in [0.1, 0.15) is 48.0 Å². The third-order valence-electron chi connectivity index (χ3n) is 3.23. The van der Waals surface area contributed by atoms with Gasteiger partial charge in [-0.2, -0.15) is 0 Å². The maximum atomic E-state index is 5.96. The second-order valence-corrected chi connectivity index (χ2v) is 7.27. The van der Waals surface area contributed by atoms with Crippen LogP contribution >= 0.6 is 0 Å². The molecule has 2 N–H and O–H groups in total. The van der Waals surface area contributed by atoms with Crippen molar-refractivity contribution in [3.63, 3.8) is 0 Å². The molecule has 1 fully saturated rings. The van der Waals surface area contributed by atoms with Crippen LogP contribution < -0.4 is 5.73 Å². The molecule has 2 atom stereocenters. The molecule has 0 bridgehead atoms. The van der Waals surface area contributed by atoms with Gasteiger partial charge in [-0.1, -0.05) is 20.8 Å². The molecule has 0 saturated carbocycles. The summed E-state index contributed by atoms with van der Waals surface area (Å²) in [6, 6.07) is 0.473. The molecule has 3 heteroatoms. The van der Waals surface area contributed by atoms with Crippen LogP contribution in [-0.4, -0.2) is 42.3 Å². The number of rotatable bonds is 3. The highest BCUT2D eigenvalue weighted by atomic mass is 16.5. The molecule has 0 amide bonds. The van der Waals surface area contributed by atoms with Gasteiger partial charge in [-0.25, -0.2) is 0 Å². The molecule has 0 aromatic carbocycles. The second-order valence-electron chi connectivity index (χ2n) is 7.27. The van der Waals surface area contributed by atoms with Crippen molar-refractivity contribution >= 4 is 0 Å². The summed E-state index contributed by atoms with van der Waals surface area (Å²) in [5, 5.41) is 0. The summed E-state index contributed by atoms with van der Waals surface area (Å²) in [5.41, 5.74) is 6.24. The fraction of sp³-hybridized carbons (Fsp3) is 1.00. The van der Waals surface area contributed by atoms with E-state index in [1.807, 2.05) is 0 Å². The van der Waals surface area contributed by atoms with Crippen LogP contribution in [0.15, 0.2) is 0 Å². The smallest absolute Gasteiger partial charge is 0.0757 e. The maximum Gasteiger partial charge on any atom is 0.0757 e. The minimum absolute atomic E-state index is 0.0526. The standard InChI is InChI=1S/C14H30N2O/c1-11-9-16(10-14(5,6)17-11)12(8-15)7-13(2,3)4/h11-12H,7-10,15H2,1-6H3. The normalized spacial score (nSPS) is 28.1. The van der Waals surface area contributed by atoms with E-state index in [-0.39, 0.29) is 5.60 Å². The molecule has 0 radical (unpaired) electrons. The van der Waals surface area contributed by atoms with Crippen LogP contribution in [0.4, 0.5) is 0 Å². The highest BCUT2D eigenvalue weighted by molar-refractivity contribution is 4.88. The Bertz CT molecular complexity index is 245. The summed E-state index contributed by atoms with van der Waals surface area (Å²) >= 11 is 0. The molecule has 102 valence electrons. The Morgan fingerprint density at radius 1 is 1.41 bits per heavy atom. The van der Waals surface area contributed by atoms with Crippen molar-refractivity contribution in [1.82, 2.24) is 4.90 Å². The van der Waals surface area contributed by atoms with Gasteiger partial charge in [-0.15, -0.1) is 0 Å². The molecule has 1 aliphatic rings. The SMILES string of the molecule is CC1CN(C(CN)CC(C)(C)C)CC(C)(C)O1. The van der Waals surface area contributed by atoms with Gasteiger partial charge < -0.3 is 10.5 Å². The number of morpholine rings is 1. The summed E-state index contributed by atoms with van der Waals surface area (Å²) in [4.78, 5) is 2.51. The first kappa shape index (κ1) is 14.9. The Morgan fingerprint density at radius 3 is 2.41 bits per heavy atom. The van der Waals surface area contributed by atoms with Gasteiger partial charge in [0, 0.05) is 25.7 Å². The molecule has 1 saturated heterocycles. The molecule has 0 aromatic heterocycles. The Balaban J connectivity index is 2.68. The van der Waals surface area contributed by atoms with E-state index in [1.54, 1.807) is 0 Å². The van der Waals surface area contributed by atoms with Crippen molar-refractivity contribution in [2.24, 2.45) is 11.1 Å². The summed E-state index contributed by atoms with van der Waals surface area (Å²) < 4.78 is 5.95. The first-order chi connectivity index (χ1) is 7.63. The van der Waals surface area contributed by atoms with Crippen LogP contribution in [0, 0.1) is 5.41 Å². The van der Waals surface area contributed by atoms with Gasteiger partial charge in [-0.3, -0.25) is 4.90 Å². The van der Waals surface area contributed by atoms with Crippen molar-refractivity contribution in [2.45, 2.75) is 65.7 Å². The lowest BCUT2D eigenvalue weighted by Crippen LogP contribution is -2.57. The van der Waals surface area contributed by atoms with Crippen molar-refractivity contribution in [2.75, 3.05) is 19.6 Å². The van der Waals surface area contributed by atoms with Gasteiger partial charge in [0.2, 0.25) is 0 Å². The third kappa shape index (κ3) is 4.94. The second kappa shape index (κ2) is 5.25. The van der Waals surface area contributed by atoms with Crippen molar-refractivity contribution in [1.29, 1.82) is 0 Å². The molecule has 3 nitrogen and oxygen atoms in total. The van der Waals surface area contributed by atoms with Crippen LogP contribution in [0.25, 0.3) is 0 Å². The molecule has 1 aliphatic heterocycles. The summed E-state index contributed by atoms with van der Waals surface area (Å²) in [6.07, 6.45) is 1.44. The predicted molar refractivity (Wildman–Crippen MR) is 73.1 cm³/mol. The average Bonchev–Trinajstić information content (AvgIpc) is 2.09. The molecular weight excluding hydrogens is 212 g/mol. The number of nitrogens with two attached hydrogens (primary N) is 1. The van der Waals surface area contributed by atoms with Gasteiger partial charge in [0.05, 0.1) is 11.7 Å². The van der Waals surface area contributed by atoms with Gasteiger partial charge >= 0.3 is 0 Å². The van der Waals surface area contributed by atoms with Crippen LogP contribution in [-0.2, 0) is 4.74 Å². The third-order valence-corrected chi connectivity index (χ3v) is 3.23. The monoisotopic (exact) mass is 242 g/mol. The van der Waals surface area contributed by atoms with Gasteiger partial charge in [0.1, 0.15) is 0 Å². The van der Waals surface area contributed by atoms with E-state index in [1.165, 1.54) is 0 Å². The molecule has 0 spiro atoms. The van der Waals surface area contributed by atoms with Crippen LogP contribution in [0.3, 0.4) is 0 Å². The fourth-order valence-corrected chi connectivity index (χ4v) is 2.85. The number of hydrogen-bond donors (Lipinski definition) is 1. The van der Waals surface area contributed by atoms with Crippen molar-refractivity contribution < 1.29 is 4.74 Å². The van der Waals surface area contributed by atoms with E-state index in [0.717, 1.165) is 26.1 Å². The predicted octanol–water partition coefficient (Wildman–Crippen LogP) is 2.25. The van der Waals surface area contributed by atoms with Crippen LogP contribution in [0.2, 0.25) is 0 Å². The topological polar surface area (TPSA) is 38.5 Å². The Kier molecular flexibility index (Phi) is 4.61. The van der Waals surface area contributed by atoms with E-state index in [9.17, 15) is 0 Å². The van der Waals surface area contributed by atoms with E-state index in [2.05, 4.69) is 46.4 Å². The first-order valence-corrected chi connectivity index (χ1v) is 6.75. The Hall–Kier alpha value is -0.120. The van der Waals surface area contributed by atoms with Crippen LogP contribution in [0.5, 0.6) is 0 Å². The maximum absolute atomic E-state index is 5.96.